The van der Waals surface area contributed by atoms with Crippen LogP contribution in [0.4, 0.5) is 13.2 Å². The molecule has 2 N–H and O–H groups in total. The Morgan fingerprint density at radius 1 is 1.40 bits per heavy atom. The van der Waals surface area contributed by atoms with Crippen LogP contribution in [0.2, 0.25) is 0 Å². The Balaban J connectivity index is 3.56. The second-order valence-corrected chi connectivity index (χ2v) is 5.50. The van der Waals surface area contributed by atoms with Crippen molar-refractivity contribution in [3.05, 3.63) is 0 Å². The maximum Gasteiger partial charge on any atom is 0.415 e. The molecule has 0 aromatic carbocycles. The molecule has 0 aliphatic carbocycles. The number of sulfone groups is 1. The number of hydrogen-bond acceptors (Lipinski definition) is 4. The fourth-order valence-electron chi connectivity index (χ4n) is 0.814. The van der Waals surface area contributed by atoms with E-state index in [9.17, 15) is 21.6 Å². The average molecular weight is 249 g/mol. The van der Waals surface area contributed by atoms with Gasteiger partial charge in [-0.25, -0.2) is 8.42 Å². The second-order valence-electron chi connectivity index (χ2n) is 3.24. The number of hydrogen-bond donors (Lipinski definition) is 2. The molecule has 0 saturated heterocycles. The van der Waals surface area contributed by atoms with Gasteiger partial charge in [0.15, 0.2) is 6.10 Å². The van der Waals surface area contributed by atoms with Crippen LogP contribution in [0.15, 0.2) is 0 Å². The normalized spacial score (nSPS) is 15.3. The Bertz CT molecular complexity index is 276. The van der Waals surface area contributed by atoms with Crippen LogP contribution in [0.3, 0.4) is 0 Å². The molecule has 4 nitrogen and oxygen atoms in total. The fraction of sp³-hybridized carbons (Fsp3) is 1.00. The van der Waals surface area contributed by atoms with E-state index < -0.39 is 28.7 Å². The van der Waals surface area contributed by atoms with Crippen molar-refractivity contribution in [2.45, 2.75) is 18.7 Å². The third-order valence-corrected chi connectivity index (χ3v) is 2.61. The summed E-state index contributed by atoms with van der Waals surface area (Å²) < 4.78 is 56.5. The van der Waals surface area contributed by atoms with E-state index in [0.717, 1.165) is 6.26 Å². The Kier molecular flexibility index (Phi) is 5.54. The standard InChI is InChI=1S/C7H14F3NO3S/c1-15(13,14)4-2-3-11-5-6(12)7(8,9)10/h6,11-12H,2-5H2,1H3. The summed E-state index contributed by atoms with van der Waals surface area (Å²) in [7, 11) is -3.08. The molecule has 0 aromatic heterocycles. The van der Waals surface area contributed by atoms with Gasteiger partial charge in [-0.1, -0.05) is 0 Å². The Hall–Kier alpha value is -0.340. The van der Waals surface area contributed by atoms with Crippen molar-refractivity contribution in [2.24, 2.45) is 0 Å². The van der Waals surface area contributed by atoms with Crippen molar-refractivity contribution >= 4 is 9.84 Å². The Morgan fingerprint density at radius 3 is 2.33 bits per heavy atom. The number of aliphatic hydroxyl groups is 1. The average Bonchev–Trinajstić information content (AvgIpc) is 1.99. The predicted molar refractivity (Wildman–Crippen MR) is 49.3 cm³/mol. The lowest BCUT2D eigenvalue weighted by atomic mass is 10.3. The summed E-state index contributed by atoms with van der Waals surface area (Å²) in [6.45, 7) is -0.493. The molecular weight excluding hydrogens is 235 g/mol. The third-order valence-electron chi connectivity index (χ3n) is 1.58. The summed E-state index contributed by atoms with van der Waals surface area (Å²) in [4.78, 5) is 0. The van der Waals surface area contributed by atoms with Gasteiger partial charge in [-0.3, -0.25) is 0 Å². The van der Waals surface area contributed by atoms with Crippen LogP contribution in [0.25, 0.3) is 0 Å². The predicted octanol–water partition coefficient (Wildman–Crippen LogP) is -0.0661. The lowest BCUT2D eigenvalue weighted by Crippen LogP contribution is -2.38. The highest BCUT2D eigenvalue weighted by atomic mass is 32.2. The van der Waals surface area contributed by atoms with Gasteiger partial charge in [0.25, 0.3) is 0 Å². The molecular formula is C7H14F3NO3S. The number of halogens is 3. The van der Waals surface area contributed by atoms with E-state index in [2.05, 4.69) is 5.32 Å². The van der Waals surface area contributed by atoms with Gasteiger partial charge in [-0.05, 0) is 13.0 Å². The lowest BCUT2D eigenvalue weighted by Gasteiger charge is -2.14. The first-order valence-electron chi connectivity index (χ1n) is 4.26. The minimum atomic E-state index is -4.64. The number of alkyl halides is 3. The smallest absolute Gasteiger partial charge is 0.382 e. The molecule has 8 heteroatoms. The maximum atomic E-state index is 11.8. The van der Waals surface area contributed by atoms with Gasteiger partial charge < -0.3 is 10.4 Å². The topological polar surface area (TPSA) is 66.4 Å². The highest BCUT2D eigenvalue weighted by Gasteiger charge is 2.37. The molecule has 0 radical (unpaired) electrons. The maximum absolute atomic E-state index is 11.8. The molecule has 0 aliphatic heterocycles. The number of nitrogens with one attached hydrogen (secondary N) is 1. The minimum Gasteiger partial charge on any atom is -0.382 e. The van der Waals surface area contributed by atoms with Crippen molar-refractivity contribution in [3.8, 4) is 0 Å². The fourth-order valence-corrected chi connectivity index (χ4v) is 1.48. The first-order chi connectivity index (χ1) is 6.63. The van der Waals surface area contributed by atoms with Crippen LogP contribution in [-0.2, 0) is 9.84 Å². The molecule has 0 fully saturated rings. The van der Waals surface area contributed by atoms with Crippen molar-refractivity contribution in [3.63, 3.8) is 0 Å². The van der Waals surface area contributed by atoms with Gasteiger partial charge in [0.05, 0.1) is 5.75 Å². The second kappa shape index (κ2) is 5.66. The molecule has 0 spiro atoms. The molecule has 0 aliphatic rings. The van der Waals surface area contributed by atoms with Gasteiger partial charge in [-0.15, -0.1) is 0 Å². The summed E-state index contributed by atoms with van der Waals surface area (Å²) in [6.07, 6.45) is -5.76. The lowest BCUT2D eigenvalue weighted by molar-refractivity contribution is -0.201. The monoisotopic (exact) mass is 249 g/mol. The summed E-state index contributed by atoms with van der Waals surface area (Å²) >= 11 is 0. The molecule has 0 aromatic rings. The van der Waals surface area contributed by atoms with Crippen molar-refractivity contribution in [1.29, 1.82) is 0 Å². The zero-order valence-electron chi connectivity index (χ0n) is 8.21. The van der Waals surface area contributed by atoms with Gasteiger partial charge in [0.2, 0.25) is 0 Å². The van der Waals surface area contributed by atoms with Crippen LogP contribution in [0.5, 0.6) is 0 Å². The molecule has 0 amide bonds. The molecule has 1 unspecified atom stereocenters. The summed E-state index contributed by atoms with van der Waals surface area (Å²) in [6, 6.07) is 0. The van der Waals surface area contributed by atoms with E-state index in [0.29, 0.717) is 0 Å². The highest BCUT2D eigenvalue weighted by molar-refractivity contribution is 7.90. The van der Waals surface area contributed by atoms with Crippen LogP contribution >= 0.6 is 0 Å². The molecule has 92 valence electrons. The molecule has 0 heterocycles. The van der Waals surface area contributed by atoms with Crippen LogP contribution in [0.1, 0.15) is 6.42 Å². The van der Waals surface area contributed by atoms with Crippen molar-refractivity contribution < 1.29 is 26.7 Å². The van der Waals surface area contributed by atoms with Gasteiger partial charge in [0, 0.05) is 12.8 Å². The van der Waals surface area contributed by atoms with Gasteiger partial charge >= 0.3 is 6.18 Å². The number of rotatable bonds is 6. The molecule has 0 saturated carbocycles. The van der Waals surface area contributed by atoms with Crippen LogP contribution in [0, 0.1) is 0 Å². The largest absolute Gasteiger partial charge is 0.415 e. The van der Waals surface area contributed by atoms with E-state index in [1.807, 2.05) is 0 Å². The van der Waals surface area contributed by atoms with E-state index in [1.54, 1.807) is 0 Å². The van der Waals surface area contributed by atoms with E-state index in [-0.39, 0.29) is 18.7 Å². The zero-order valence-corrected chi connectivity index (χ0v) is 9.03. The first kappa shape index (κ1) is 14.7. The van der Waals surface area contributed by atoms with Crippen molar-refractivity contribution in [1.82, 2.24) is 5.32 Å². The SMILES string of the molecule is CS(=O)(=O)CCCNCC(O)C(F)(F)F. The van der Waals surface area contributed by atoms with E-state index in [1.165, 1.54) is 0 Å². The van der Waals surface area contributed by atoms with Gasteiger partial charge in [-0.2, -0.15) is 13.2 Å². The zero-order chi connectivity index (χ0) is 12.1. The van der Waals surface area contributed by atoms with Crippen LogP contribution < -0.4 is 5.32 Å². The minimum absolute atomic E-state index is 0.0812. The molecule has 0 bridgehead atoms. The quantitative estimate of drug-likeness (QED) is 0.647. The van der Waals surface area contributed by atoms with Crippen LogP contribution in [-0.4, -0.2) is 50.9 Å². The summed E-state index contributed by atoms with van der Waals surface area (Å²) in [5.74, 6) is -0.0812. The third kappa shape index (κ3) is 8.64. The molecule has 15 heavy (non-hydrogen) atoms. The number of aliphatic hydroxyl groups excluding tert-OH is 1. The van der Waals surface area contributed by atoms with E-state index >= 15 is 0 Å². The van der Waals surface area contributed by atoms with Gasteiger partial charge in [0.1, 0.15) is 9.84 Å². The Labute approximate surface area is 86.4 Å². The summed E-state index contributed by atoms with van der Waals surface area (Å²) in [5.41, 5.74) is 0. The van der Waals surface area contributed by atoms with E-state index in [4.69, 9.17) is 5.11 Å². The van der Waals surface area contributed by atoms with Crippen molar-refractivity contribution in [2.75, 3.05) is 25.1 Å². The molecule has 0 rings (SSSR count). The Morgan fingerprint density at radius 2 is 1.93 bits per heavy atom. The first-order valence-corrected chi connectivity index (χ1v) is 6.32. The summed E-state index contributed by atoms with van der Waals surface area (Å²) in [5, 5.41) is 10.9. The molecule has 1 atom stereocenters. The highest BCUT2D eigenvalue weighted by Crippen LogP contribution is 2.18.